The molecule has 34 heavy (non-hydrogen) atoms. The number of hydrogen-bond donors (Lipinski definition) is 2. The smallest absolute Gasteiger partial charge is 0.255 e. The Balaban J connectivity index is 0.000000310. The van der Waals surface area contributed by atoms with Crippen molar-refractivity contribution < 1.29 is 24.0 Å². The third-order valence-corrected chi connectivity index (χ3v) is 5.58. The molecule has 2 aromatic rings. The van der Waals surface area contributed by atoms with Crippen LogP contribution in [0, 0.1) is 13.8 Å². The number of Topliss-reactive ketones (excluding diaryl/α,β-unsaturated/α-hetero) is 1. The van der Waals surface area contributed by atoms with Crippen molar-refractivity contribution in [3.05, 3.63) is 69.8 Å². The third-order valence-electron chi connectivity index (χ3n) is 5.58. The van der Waals surface area contributed by atoms with Crippen LogP contribution in [-0.2, 0) is 27.5 Å². The maximum absolute atomic E-state index is 12.6. The summed E-state index contributed by atoms with van der Waals surface area (Å²) in [5.74, 6) is -0.384. The number of likely N-dealkylation sites (N-methyl/N-ethyl adjacent to an activating group) is 1. The van der Waals surface area contributed by atoms with Crippen LogP contribution in [0.1, 0.15) is 62.7 Å². The Morgan fingerprint density at radius 2 is 1.79 bits per heavy atom. The summed E-state index contributed by atoms with van der Waals surface area (Å²) in [6, 6.07) is 10.5. The van der Waals surface area contributed by atoms with Crippen LogP contribution in [-0.4, -0.2) is 48.3 Å². The summed E-state index contributed by atoms with van der Waals surface area (Å²) in [4.78, 5) is 58.2. The summed E-state index contributed by atoms with van der Waals surface area (Å²) < 4.78 is 0. The summed E-state index contributed by atoms with van der Waals surface area (Å²) in [5, 5.41) is 5.13. The Labute approximate surface area is 199 Å². The Hall–Kier alpha value is -3.81. The molecule has 0 saturated heterocycles. The minimum Gasteiger partial charge on any atom is -0.357 e. The first kappa shape index (κ1) is 26.4. The maximum Gasteiger partial charge on any atom is 0.255 e. The molecule has 1 aliphatic rings. The number of ketones is 1. The fraction of sp³-hybridized carbons (Fsp3) is 0.346. The van der Waals surface area contributed by atoms with Gasteiger partial charge in [-0.2, -0.15) is 0 Å². The largest absolute Gasteiger partial charge is 0.357 e. The second-order valence-electron chi connectivity index (χ2n) is 8.18. The Morgan fingerprint density at radius 1 is 1.12 bits per heavy atom. The van der Waals surface area contributed by atoms with E-state index >= 15 is 0 Å². The highest BCUT2D eigenvalue weighted by Crippen LogP contribution is 2.28. The van der Waals surface area contributed by atoms with E-state index in [1.807, 2.05) is 32.0 Å². The number of fused-ring (bicyclic) bond motifs is 1. The van der Waals surface area contributed by atoms with E-state index < -0.39 is 6.04 Å². The monoisotopic (exact) mass is 465 g/mol. The summed E-state index contributed by atoms with van der Waals surface area (Å²) in [5.41, 5.74) is 5.30. The minimum absolute atomic E-state index is 0.136. The van der Waals surface area contributed by atoms with Gasteiger partial charge in [0.2, 0.25) is 12.3 Å². The topological polar surface area (TPSA) is 113 Å². The molecular weight excluding hydrogens is 434 g/mol. The third kappa shape index (κ3) is 6.60. The second-order valence-corrected chi connectivity index (χ2v) is 8.18. The standard InChI is InChI=1S/C16H19N3O4.C10H12O/c1-17-15(22)14(6-3-7-20)19-9-13-11(8-18-10-21)4-2-5-12(13)16(19)23;1-7-4-8(2)6-10(5-7)9(3)11/h2,4-5,7,10,14H,3,6,8-9H2,1H3,(H,17,22)(H,18,21);4-6H,1-3H3. The van der Waals surface area contributed by atoms with Gasteiger partial charge in [0.15, 0.2) is 5.78 Å². The molecular formula is C26H31N3O5. The zero-order valence-corrected chi connectivity index (χ0v) is 20.0. The van der Waals surface area contributed by atoms with Crippen LogP contribution in [0.5, 0.6) is 0 Å². The van der Waals surface area contributed by atoms with Crippen molar-refractivity contribution >= 4 is 30.3 Å². The number of nitrogens with one attached hydrogen (secondary N) is 2. The van der Waals surface area contributed by atoms with Crippen molar-refractivity contribution in [2.45, 2.75) is 52.7 Å². The van der Waals surface area contributed by atoms with Crippen molar-refractivity contribution in [3.63, 3.8) is 0 Å². The summed E-state index contributed by atoms with van der Waals surface area (Å²) >= 11 is 0. The number of carbonyl (C=O) groups excluding carboxylic acids is 5. The van der Waals surface area contributed by atoms with Gasteiger partial charge >= 0.3 is 0 Å². The van der Waals surface area contributed by atoms with Crippen LogP contribution in [0.25, 0.3) is 0 Å². The average molecular weight is 466 g/mol. The van der Waals surface area contributed by atoms with Gasteiger partial charge in [-0.15, -0.1) is 0 Å². The predicted octanol–water partition coefficient (Wildman–Crippen LogP) is 2.49. The van der Waals surface area contributed by atoms with Crippen molar-refractivity contribution in [3.8, 4) is 0 Å². The van der Waals surface area contributed by atoms with Crippen LogP contribution >= 0.6 is 0 Å². The van der Waals surface area contributed by atoms with Crippen molar-refractivity contribution in [2.24, 2.45) is 0 Å². The molecule has 8 nitrogen and oxygen atoms in total. The molecule has 0 aromatic heterocycles. The molecule has 180 valence electrons. The van der Waals surface area contributed by atoms with E-state index in [0.29, 0.717) is 25.1 Å². The van der Waals surface area contributed by atoms with Crippen LogP contribution in [0.15, 0.2) is 36.4 Å². The van der Waals surface area contributed by atoms with Crippen LogP contribution in [0.4, 0.5) is 0 Å². The van der Waals surface area contributed by atoms with Gasteiger partial charge in [-0.3, -0.25) is 19.2 Å². The molecule has 1 heterocycles. The van der Waals surface area contributed by atoms with E-state index in [4.69, 9.17) is 0 Å². The Kier molecular flexibility index (Phi) is 9.67. The Morgan fingerprint density at radius 3 is 2.35 bits per heavy atom. The van der Waals surface area contributed by atoms with Crippen LogP contribution in [0.2, 0.25) is 0 Å². The van der Waals surface area contributed by atoms with E-state index in [0.717, 1.165) is 34.1 Å². The van der Waals surface area contributed by atoms with Gasteiger partial charge in [-0.25, -0.2) is 0 Å². The lowest BCUT2D eigenvalue weighted by molar-refractivity contribution is -0.125. The highest BCUT2D eigenvalue weighted by molar-refractivity contribution is 6.01. The number of benzene rings is 2. The van der Waals surface area contributed by atoms with Gasteiger partial charge in [0.1, 0.15) is 12.3 Å². The fourth-order valence-corrected chi connectivity index (χ4v) is 3.99. The summed E-state index contributed by atoms with van der Waals surface area (Å²) in [6.45, 7) is 6.21. The predicted molar refractivity (Wildman–Crippen MR) is 128 cm³/mol. The normalized spacial score (nSPS) is 12.7. The number of rotatable bonds is 9. The van der Waals surface area contributed by atoms with E-state index in [-0.39, 0.29) is 30.4 Å². The molecule has 1 unspecified atom stereocenters. The van der Waals surface area contributed by atoms with E-state index in [2.05, 4.69) is 16.7 Å². The van der Waals surface area contributed by atoms with E-state index in [1.54, 1.807) is 19.1 Å². The average Bonchev–Trinajstić information content (AvgIpc) is 3.14. The molecule has 0 bridgehead atoms. The minimum atomic E-state index is -0.683. The van der Waals surface area contributed by atoms with Gasteiger partial charge in [0.25, 0.3) is 5.91 Å². The highest BCUT2D eigenvalue weighted by Gasteiger charge is 2.36. The van der Waals surface area contributed by atoms with Gasteiger partial charge in [-0.1, -0.05) is 29.3 Å². The Bertz CT molecular complexity index is 1060. The molecule has 1 aliphatic heterocycles. The first-order valence-corrected chi connectivity index (χ1v) is 11.1. The molecule has 8 heteroatoms. The molecule has 3 amide bonds. The lowest BCUT2D eigenvalue weighted by Gasteiger charge is -2.25. The van der Waals surface area contributed by atoms with Gasteiger partial charge in [0, 0.05) is 37.7 Å². The number of aryl methyl sites for hydroxylation is 2. The molecule has 0 aliphatic carbocycles. The lowest BCUT2D eigenvalue weighted by atomic mass is 10.0. The molecule has 3 rings (SSSR count). The molecule has 2 N–H and O–H groups in total. The lowest BCUT2D eigenvalue weighted by Crippen LogP contribution is -2.46. The molecule has 0 spiro atoms. The zero-order chi connectivity index (χ0) is 25.3. The molecule has 0 fully saturated rings. The van der Waals surface area contributed by atoms with Gasteiger partial charge < -0.3 is 20.3 Å². The zero-order valence-electron chi connectivity index (χ0n) is 20.0. The molecule has 2 aromatic carbocycles. The maximum atomic E-state index is 12.6. The second kappa shape index (κ2) is 12.4. The number of amides is 3. The van der Waals surface area contributed by atoms with E-state index in [9.17, 15) is 24.0 Å². The molecule has 0 radical (unpaired) electrons. The SMILES string of the molecule is CC(=O)c1cc(C)cc(C)c1.CNC(=O)C(CCC=O)N1Cc2c(CNC=O)cccc2C1=O. The highest BCUT2D eigenvalue weighted by atomic mass is 16.2. The van der Waals surface area contributed by atoms with E-state index in [1.165, 1.54) is 11.9 Å². The van der Waals surface area contributed by atoms with Crippen LogP contribution < -0.4 is 10.6 Å². The van der Waals surface area contributed by atoms with Gasteiger partial charge in [0.05, 0.1) is 0 Å². The summed E-state index contributed by atoms with van der Waals surface area (Å²) in [6.07, 6.45) is 1.83. The summed E-state index contributed by atoms with van der Waals surface area (Å²) in [7, 11) is 1.50. The first-order chi connectivity index (χ1) is 16.2. The van der Waals surface area contributed by atoms with Gasteiger partial charge in [-0.05, 0) is 56.5 Å². The number of aldehydes is 1. The van der Waals surface area contributed by atoms with Crippen LogP contribution in [0.3, 0.4) is 0 Å². The quantitative estimate of drug-likeness (QED) is 0.436. The first-order valence-electron chi connectivity index (χ1n) is 11.1. The number of nitrogens with zero attached hydrogens (tertiary/aromatic N) is 1. The number of carbonyl (C=O) groups is 5. The number of hydrogen-bond acceptors (Lipinski definition) is 5. The van der Waals surface area contributed by atoms with Crippen molar-refractivity contribution in [1.82, 2.24) is 15.5 Å². The molecule has 0 saturated carbocycles. The molecule has 1 atom stereocenters. The van der Waals surface area contributed by atoms with Crippen molar-refractivity contribution in [1.29, 1.82) is 0 Å². The van der Waals surface area contributed by atoms with Crippen molar-refractivity contribution in [2.75, 3.05) is 7.05 Å². The fourth-order valence-electron chi connectivity index (χ4n) is 3.99.